The lowest BCUT2D eigenvalue weighted by Gasteiger charge is -2.27. The highest BCUT2D eigenvalue weighted by Crippen LogP contribution is 2.48. The third-order valence-electron chi connectivity index (χ3n) is 1.63. The zero-order chi connectivity index (χ0) is 9.35. The average Bonchev–Trinajstić information content (AvgIpc) is 1.83. The number of anilines is 1. The molecule has 0 aliphatic carbocycles. The van der Waals surface area contributed by atoms with E-state index >= 15 is 0 Å². The molecule has 12 heavy (non-hydrogen) atoms. The standard InChI is InChI=1S/C9H14ClNS/c1-12(2,3)9-5-4-7(10)6-8(9)11/h4-6H,11H2,1-3H3. The van der Waals surface area contributed by atoms with Gasteiger partial charge < -0.3 is 5.73 Å². The third-order valence-corrected chi connectivity index (χ3v) is 3.56. The van der Waals surface area contributed by atoms with Crippen LogP contribution >= 0.6 is 21.6 Å². The molecule has 2 N–H and O–H groups in total. The molecule has 1 nitrogen and oxygen atoms in total. The predicted octanol–water partition coefficient (Wildman–Crippen LogP) is 2.98. The van der Waals surface area contributed by atoms with Gasteiger partial charge in [0.1, 0.15) is 0 Å². The molecule has 0 aromatic heterocycles. The quantitative estimate of drug-likeness (QED) is 0.698. The van der Waals surface area contributed by atoms with E-state index < -0.39 is 10.0 Å². The van der Waals surface area contributed by atoms with E-state index in [9.17, 15) is 0 Å². The average molecular weight is 204 g/mol. The van der Waals surface area contributed by atoms with Gasteiger partial charge in [-0.15, -0.1) is 0 Å². The maximum Gasteiger partial charge on any atom is 0.0451 e. The maximum absolute atomic E-state index is 5.84. The van der Waals surface area contributed by atoms with E-state index in [1.807, 2.05) is 18.2 Å². The molecule has 0 saturated carbocycles. The number of benzene rings is 1. The number of hydrogen-bond donors (Lipinski definition) is 1. The smallest absolute Gasteiger partial charge is 0.0451 e. The van der Waals surface area contributed by atoms with Crippen LogP contribution in [-0.4, -0.2) is 18.8 Å². The second kappa shape index (κ2) is 3.19. The molecule has 0 spiro atoms. The third kappa shape index (κ3) is 2.08. The first-order valence-electron chi connectivity index (χ1n) is 3.64. The molecular weight excluding hydrogens is 190 g/mol. The minimum Gasteiger partial charge on any atom is -0.398 e. The molecule has 0 fully saturated rings. The van der Waals surface area contributed by atoms with Crippen LogP contribution in [0.3, 0.4) is 0 Å². The molecule has 0 aliphatic rings. The van der Waals surface area contributed by atoms with Gasteiger partial charge in [-0.3, -0.25) is 0 Å². The lowest BCUT2D eigenvalue weighted by Crippen LogP contribution is -1.98. The predicted molar refractivity (Wildman–Crippen MR) is 59.5 cm³/mol. The Morgan fingerprint density at radius 2 is 1.83 bits per heavy atom. The second-order valence-corrected chi connectivity index (χ2v) is 8.07. The first kappa shape index (κ1) is 9.75. The molecule has 0 aliphatic heterocycles. The summed E-state index contributed by atoms with van der Waals surface area (Å²) < 4.78 is 0. The van der Waals surface area contributed by atoms with Crippen LogP contribution in [0, 0.1) is 0 Å². The summed E-state index contributed by atoms with van der Waals surface area (Å²) in [6.45, 7) is 0. The van der Waals surface area contributed by atoms with Crippen molar-refractivity contribution in [1.82, 2.24) is 0 Å². The van der Waals surface area contributed by atoms with Gasteiger partial charge >= 0.3 is 0 Å². The minimum absolute atomic E-state index is 0.708. The van der Waals surface area contributed by atoms with Crippen LogP contribution in [-0.2, 0) is 0 Å². The molecule has 0 saturated heterocycles. The van der Waals surface area contributed by atoms with Gasteiger partial charge in [0.15, 0.2) is 0 Å². The van der Waals surface area contributed by atoms with Gasteiger partial charge in [-0.05, 0) is 37.0 Å². The van der Waals surface area contributed by atoms with E-state index in [0.717, 1.165) is 5.69 Å². The van der Waals surface area contributed by atoms with Gasteiger partial charge in [-0.2, -0.15) is 0 Å². The van der Waals surface area contributed by atoms with Gasteiger partial charge in [-0.1, -0.05) is 11.6 Å². The molecular formula is C9H14ClNS. The van der Waals surface area contributed by atoms with Gasteiger partial charge in [0.2, 0.25) is 0 Å². The first-order chi connectivity index (χ1) is 5.41. The van der Waals surface area contributed by atoms with Crippen molar-refractivity contribution in [3.05, 3.63) is 23.2 Å². The Labute approximate surface area is 80.2 Å². The molecule has 0 atom stereocenters. The Bertz CT molecular complexity index is 291. The molecule has 0 radical (unpaired) electrons. The zero-order valence-corrected chi connectivity index (χ0v) is 9.17. The van der Waals surface area contributed by atoms with Gasteiger partial charge in [-0.25, -0.2) is 10.0 Å². The molecule has 0 unspecified atom stereocenters. The van der Waals surface area contributed by atoms with Crippen molar-refractivity contribution in [2.45, 2.75) is 4.90 Å². The number of hydrogen-bond acceptors (Lipinski definition) is 1. The topological polar surface area (TPSA) is 26.0 Å². The van der Waals surface area contributed by atoms with Crippen LogP contribution in [0.5, 0.6) is 0 Å². The summed E-state index contributed by atoms with van der Waals surface area (Å²) in [5.74, 6) is 0. The molecule has 0 bridgehead atoms. The highest BCUT2D eigenvalue weighted by Gasteiger charge is 2.11. The largest absolute Gasteiger partial charge is 0.398 e. The summed E-state index contributed by atoms with van der Waals surface area (Å²) in [6, 6.07) is 5.73. The summed E-state index contributed by atoms with van der Waals surface area (Å²) in [5, 5.41) is 0.708. The summed E-state index contributed by atoms with van der Waals surface area (Å²) >= 11 is 5.80. The fourth-order valence-electron chi connectivity index (χ4n) is 1.08. The number of rotatable bonds is 1. The summed E-state index contributed by atoms with van der Waals surface area (Å²) in [6.07, 6.45) is 6.64. The van der Waals surface area contributed by atoms with Crippen LogP contribution in [0.2, 0.25) is 5.02 Å². The van der Waals surface area contributed by atoms with E-state index in [-0.39, 0.29) is 0 Å². The summed E-state index contributed by atoms with van der Waals surface area (Å²) in [7, 11) is -0.734. The van der Waals surface area contributed by atoms with Crippen LogP contribution in [0.4, 0.5) is 5.69 Å². The molecule has 1 aromatic carbocycles. The normalized spacial score (nSPS) is 13.0. The monoisotopic (exact) mass is 203 g/mol. The Balaban J connectivity index is 3.19. The highest BCUT2D eigenvalue weighted by molar-refractivity contribution is 8.32. The first-order valence-corrected chi connectivity index (χ1v) is 6.88. The summed E-state index contributed by atoms with van der Waals surface area (Å²) in [5.41, 5.74) is 6.65. The van der Waals surface area contributed by atoms with Crippen molar-refractivity contribution >= 4 is 27.3 Å². The SMILES string of the molecule is CS(C)(C)c1ccc(Cl)cc1N. The van der Waals surface area contributed by atoms with E-state index in [1.54, 1.807) is 0 Å². The van der Waals surface area contributed by atoms with Crippen LogP contribution in [0.1, 0.15) is 0 Å². The van der Waals surface area contributed by atoms with E-state index in [1.165, 1.54) is 4.90 Å². The summed E-state index contributed by atoms with van der Waals surface area (Å²) in [4.78, 5) is 1.23. The van der Waals surface area contributed by atoms with Gasteiger partial charge in [0, 0.05) is 15.6 Å². The Morgan fingerprint density at radius 1 is 1.25 bits per heavy atom. The van der Waals surface area contributed by atoms with Crippen molar-refractivity contribution in [3.63, 3.8) is 0 Å². The lowest BCUT2D eigenvalue weighted by atomic mass is 10.3. The molecule has 1 rings (SSSR count). The minimum atomic E-state index is -0.734. The number of nitrogens with two attached hydrogens (primary N) is 1. The fourth-order valence-corrected chi connectivity index (χ4v) is 2.50. The molecule has 1 aromatic rings. The van der Waals surface area contributed by atoms with Crippen molar-refractivity contribution in [2.24, 2.45) is 0 Å². The van der Waals surface area contributed by atoms with E-state index in [4.69, 9.17) is 17.3 Å². The molecule has 3 heteroatoms. The van der Waals surface area contributed by atoms with Crippen molar-refractivity contribution in [1.29, 1.82) is 0 Å². The number of nitrogen functional groups attached to an aromatic ring is 1. The fraction of sp³-hybridized carbons (Fsp3) is 0.333. The van der Waals surface area contributed by atoms with Crippen molar-refractivity contribution in [2.75, 3.05) is 24.5 Å². The van der Waals surface area contributed by atoms with Crippen molar-refractivity contribution < 1.29 is 0 Å². The Kier molecular flexibility index (Phi) is 2.59. The Hall–Kier alpha value is -0.340. The van der Waals surface area contributed by atoms with Gasteiger partial charge in [0.05, 0.1) is 0 Å². The van der Waals surface area contributed by atoms with E-state index in [2.05, 4.69) is 18.8 Å². The molecule has 0 amide bonds. The zero-order valence-electron chi connectivity index (χ0n) is 7.60. The van der Waals surface area contributed by atoms with Crippen LogP contribution in [0.15, 0.2) is 23.1 Å². The molecule has 68 valence electrons. The highest BCUT2D eigenvalue weighted by atomic mass is 35.5. The van der Waals surface area contributed by atoms with E-state index in [0.29, 0.717) is 5.02 Å². The lowest BCUT2D eigenvalue weighted by molar-refractivity contribution is 1.44. The van der Waals surface area contributed by atoms with Crippen LogP contribution < -0.4 is 5.73 Å². The number of halogens is 1. The van der Waals surface area contributed by atoms with Crippen LogP contribution in [0.25, 0.3) is 0 Å². The molecule has 0 heterocycles. The van der Waals surface area contributed by atoms with Gasteiger partial charge in [0.25, 0.3) is 0 Å². The Morgan fingerprint density at radius 3 is 2.25 bits per heavy atom. The maximum atomic E-state index is 5.84. The second-order valence-electron chi connectivity index (χ2n) is 3.52. The van der Waals surface area contributed by atoms with Crippen molar-refractivity contribution in [3.8, 4) is 0 Å².